The highest BCUT2D eigenvalue weighted by atomic mass is 31.2. The van der Waals surface area contributed by atoms with E-state index >= 15 is 0 Å². The second-order valence-corrected chi connectivity index (χ2v) is 9.73. The van der Waals surface area contributed by atoms with E-state index in [0.717, 1.165) is 25.7 Å². The summed E-state index contributed by atoms with van der Waals surface area (Å²) in [6.07, 6.45) is 22.6. The van der Waals surface area contributed by atoms with Crippen LogP contribution in [0.2, 0.25) is 0 Å². The van der Waals surface area contributed by atoms with Crippen LogP contribution in [0.3, 0.4) is 0 Å². The van der Waals surface area contributed by atoms with Crippen molar-refractivity contribution in [3.63, 3.8) is 0 Å². The molecule has 0 atom stereocenters. The molecule has 0 aliphatic rings. The molecule has 0 radical (unpaired) electrons. The molecule has 4 nitrogen and oxygen atoms in total. The lowest BCUT2D eigenvalue weighted by atomic mass is 10.1. The summed E-state index contributed by atoms with van der Waals surface area (Å²) in [7, 11) is -1.94. The molecule has 0 rings (SSSR count). The van der Waals surface area contributed by atoms with Crippen LogP contribution in [-0.4, -0.2) is 20.3 Å². The zero-order chi connectivity index (χ0) is 20.8. The SMILES string of the molecule is CCCCCCCCCCCOP(=O)(OC)OCCCCCCCCCCC. The van der Waals surface area contributed by atoms with Crippen molar-refractivity contribution in [1.29, 1.82) is 0 Å². The zero-order valence-corrected chi connectivity index (χ0v) is 20.1. The first-order chi connectivity index (χ1) is 13.7. The summed E-state index contributed by atoms with van der Waals surface area (Å²) >= 11 is 0. The van der Waals surface area contributed by atoms with E-state index in [2.05, 4.69) is 13.8 Å². The van der Waals surface area contributed by atoms with Gasteiger partial charge in [-0.1, -0.05) is 117 Å². The molecule has 0 aliphatic carbocycles. The summed E-state index contributed by atoms with van der Waals surface area (Å²) in [5, 5.41) is 0. The highest BCUT2D eigenvalue weighted by Crippen LogP contribution is 2.48. The molecule has 0 aromatic heterocycles. The summed E-state index contributed by atoms with van der Waals surface area (Å²) < 4.78 is 28.3. The number of hydrogen-bond acceptors (Lipinski definition) is 4. The van der Waals surface area contributed by atoms with Gasteiger partial charge in [-0.25, -0.2) is 4.57 Å². The zero-order valence-electron chi connectivity index (χ0n) is 19.2. The fraction of sp³-hybridized carbons (Fsp3) is 1.00. The van der Waals surface area contributed by atoms with E-state index in [1.165, 1.54) is 97.0 Å². The average Bonchev–Trinajstić information content (AvgIpc) is 2.71. The molecule has 0 aromatic carbocycles. The third-order valence-corrected chi connectivity index (χ3v) is 6.66. The highest BCUT2D eigenvalue weighted by molar-refractivity contribution is 7.48. The molecule has 5 heteroatoms. The number of phosphoric ester groups is 1. The van der Waals surface area contributed by atoms with Crippen molar-refractivity contribution >= 4 is 7.82 Å². The molecule has 0 aliphatic heterocycles. The van der Waals surface area contributed by atoms with Crippen molar-refractivity contribution in [3.05, 3.63) is 0 Å². The van der Waals surface area contributed by atoms with Crippen LogP contribution < -0.4 is 0 Å². The maximum absolute atomic E-state index is 12.4. The molecule has 0 fully saturated rings. The standard InChI is InChI=1S/C23H49O4P/c1-4-6-8-10-12-14-16-18-20-22-26-28(24,25-3)27-23-21-19-17-15-13-11-9-7-5-2/h4-23H2,1-3H3. The summed E-state index contributed by atoms with van der Waals surface area (Å²) in [4.78, 5) is 0. The monoisotopic (exact) mass is 420 g/mol. The maximum atomic E-state index is 12.4. The van der Waals surface area contributed by atoms with Gasteiger partial charge < -0.3 is 0 Å². The van der Waals surface area contributed by atoms with Gasteiger partial charge >= 0.3 is 7.82 Å². The lowest BCUT2D eigenvalue weighted by Gasteiger charge is -2.15. The number of rotatable bonds is 23. The minimum atomic E-state index is -3.35. The van der Waals surface area contributed by atoms with Gasteiger partial charge in [-0.3, -0.25) is 13.6 Å². The first-order valence-electron chi connectivity index (χ1n) is 12.1. The lowest BCUT2D eigenvalue weighted by molar-refractivity contribution is 0.127. The van der Waals surface area contributed by atoms with Gasteiger partial charge in [0, 0.05) is 7.11 Å². The van der Waals surface area contributed by atoms with E-state index in [4.69, 9.17) is 13.6 Å². The van der Waals surface area contributed by atoms with Crippen molar-refractivity contribution < 1.29 is 18.1 Å². The molecule has 0 unspecified atom stereocenters. The van der Waals surface area contributed by atoms with Crippen molar-refractivity contribution in [2.75, 3.05) is 20.3 Å². The maximum Gasteiger partial charge on any atom is 0.474 e. The molecular formula is C23H49O4P. The van der Waals surface area contributed by atoms with Crippen LogP contribution in [0.25, 0.3) is 0 Å². The van der Waals surface area contributed by atoms with E-state index in [0.29, 0.717) is 13.2 Å². The van der Waals surface area contributed by atoms with Crippen LogP contribution in [0.1, 0.15) is 129 Å². The number of phosphoric acid groups is 1. The van der Waals surface area contributed by atoms with Crippen molar-refractivity contribution in [2.24, 2.45) is 0 Å². The Morgan fingerprint density at radius 2 is 0.786 bits per heavy atom. The Morgan fingerprint density at radius 1 is 0.500 bits per heavy atom. The molecule has 28 heavy (non-hydrogen) atoms. The smallest absolute Gasteiger partial charge is 0.290 e. The molecular weight excluding hydrogens is 371 g/mol. The minimum Gasteiger partial charge on any atom is -0.290 e. The number of unbranched alkanes of at least 4 members (excludes halogenated alkanes) is 16. The number of hydrogen-bond donors (Lipinski definition) is 0. The molecule has 0 spiro atoms. The average molecular weight is 421 g/mol. The Hall–Kier alpha value is 0.110. The van der Waals surface area contributed by atoms with Crippen molar-refractivity contribution in [2.45, 2.75) is 129 Å². The Labute approximate surface area is 176 Å². The Morgan fingerprint density at radius 3 is 1.07 bits per heavy atom. The largest absolute Gasteiger partial charge is 0.474 e. The van der Waals surface area contributed by atoms with Crippen molar-refractivity contribution in [1.82, 2.24) is 0 Å². The summed E-state index contributed by atoms with van der Waals surface area (Å²) in [6, 6.07) is 0. The Kier molecular flexibility index (Phi) is 21.9. The Bertz CT molecular complexity index is 321. The highest BCUT2D eigenvalue weighted by Gasteiger charge is 2.24. The molecule has 0 N–H and O–H groups in total. The van der Waals surface area contributed by atoms with Crippen LogP contribution in [0, 0.1) is 0 Å². The van der Waals surface area contributed by atoms with Gasteiger partial charge in [0.25, 0.3) is 0 Å². The minimum absolute atomic E-state index is 0.457. The quantitative estimate of drug-likeness (QED) is 0.122. The second-order valence-electron chi connectivity index (χ2n) is 7.95. The van der Waals surface area contributed by atoms with E-state index in [-0.39, 0.29) is 0 Å². The van der Waals surface area contributed by atoms with Gasteiger partial charge in [-0.05, 0) is 12.8 Å². The normalized spacial score (nSPS) is 12.0. The van der Waals surface area contributed by atoms with Crippen LogP contribution in [-0.2, 0) is 18.1 Å². The molecule has 0 amide bonds. The fourth-order valence-electron chi connectivity index (χ4n) is 3.32. The van der Waals surface area contributed by atoms with Crippen LogP contribution in [0.5, 0.6) is 0 Å². The predicted molar refractivity (Wildman–Crippen MR) is 121 cm³/mol. The van der Waals surface area contributed by atoms with E-state index in [1.807, 2.05) is 0 Å². The van der Waals surface area contributed by atoms with Gasteiger partial charge in [-0.2, -0.15) is 0 Å². The summed E-state index contributed by atoms with van der Waals surface area (Å²) in [6.45, 7) is 5.41. The topological polar surface area (TPSA) is 44.8 Å². The van der Waals surface area contributed by atoms with Crippen molar-refractivity contribution in [3.8, 4) is 0 Å². The fourth-order valence-corrected chi connectivity index (χ4v) is 4.31. The molecule has 0 saturated heterocycles. The third-order valence-electron chi connectivity index (χ3n) is 5.22. The molecule has 0 aromatic rings. The van der Waals surface area contributed by atoms with Gasteiger partial charge in [0.1, 0.15) is 0 Å². The van der Waals surface area contributed by atoms with Crippen LogP contribution in [0.15, 0.2) is 0 Å². The Balaban J connectivity index is 3.48. The lowest BCUT2D eigenvalue weighted by Crippen LogP contribution is -2.01. The molecule has 0 bridgehead atoms. The molecule has 170 valence electrons. The van der Waals surface area contributed by atoms with Crippen LogP contribution >= 0.6 is 7.82 Å². The summed E-state index contributed by atoms with van der Waals surface area (Å²) in [5.41, 5.74) is 0. The summed E-state index contributed by atoms with van der Waals surface area (Å²) in [5.74, 6) is 0. The van der Waals surface area contributed by atoms with Crippen LogP contribution in [0.4, 0.5) is 0 Å². The van der Waals surface area contributed by atoms with Gasteiger partial charge in [-0.15, -0.1) is 0 Å². The molecule has 0 heterocycles. The van der Waals surface area contributed by atoms with E-state index in [9.17, 15) is 4.57 Å². The molecule has 0 saturated carbocycles. The second kappa shape index (κ2) is 21.8. The van der Waals surface area contributed by atoms with Gasteiger partial charge in [0.2, 0.25) is 0 Å². The first-order valence-corrected chi connectivity index (χ1v) is 13.6. The third kappa shape index (κ3) is 19.4. The van der Waals surface area contributed by atoms with E-state index < -0.39 is 7.82 Å². The first kappa shape index (κ1) is 28.1. The van der Waals surface area contributed by atoms with Gasteiger partial charge in [0.15, 0.2) is 0 Å². The van der Waals surface area contributed by atoms with E-state index in [1.54, 1.807) is 0 Å². The van der Waals surface area contributed by atoms with Gasteiger partial charge in [0.05, 0.1) is 13.2 Å². The predicted octanol–water partition coefficient (Wildman–Crippen LogP) is 8.84.